The Hall–Kier alpha value is -0.590. The van der Waals surface area contributed by atoms with Gasteiger partial charge in [-0.1, -0.05) is 29.5 Å². The third-order valence-corrected chi connectivity index (χ3v) is 3.41. The van der Waals surface area contributed by atoms with Crippen molar-refractivity contribution in [1.29, 1.82) is 0 Å². The molecular weight excluding hydrogens is 319 g/mol. The van der Waals surface area contributed by atoms with Gasteiger partial charge in [-0.3, -0.25) is 0 Å². The van der Waals surface area contributed by atoms with E-state index in [1.807, 2.05) is 20.8 Å². The van der Waals surface area contributed by atoms with Crippen molar-refractivity contribution < 1.29 is 9.53 Å². The van der Waals surface area contributed by atoms with Gasteiger partial charge in [-0.15, -0.1) is 0 Å². The summed E-state index contributed by atoms with van der Waals surface area (Å²) in [6.07, 6.45) is 3.84. The average Bonchev–Trinajstić information content (AvgIpc) is 2.62. The molecule has 0 saturated carbocycles. The van der Waals surface area contributed by atoms with E-state index in [4.69, 9.17) is 4.74 Å². The van der Waals surface area contributed by atoms with Gasteiger partial charge in [0.15, 0.2) is 0 Å². The number of carbonyl (C=O) groups is 1. The predicted molar refractivity (Wildman–Crippen MR) is 70.9 cm³/mol. The lowest BCUT2D eigenvalue weighted by molar-refractivity contribution is 0.0536. The maximum absolute atomic E-state index is 11.7. The second-order valence-electron chi connectivity index (χ2n) is 4.56. The summed E-state index contributed by atoms with van der Waals surface area (Å²) in [4.78, 5) is 15.9. The molecule has 1 rings (SSSR count). The van der Waals surface area contributed by atoms with Gasteiger partial charge in [0.2, 0.25) is 0 Å². The van der Waals surface area contributed by atoms with Crippen LogP contribution in [0.1, 0.15) is 43.7 Å². The summed E-state index contributed by atoms with van der Waals surface area (Å²) in [5, 5.41) is 0. The first kappa shape index (κ1) is 13.5. The molecule has 4 nitrogen and oxygen atoms in total. The molecule has 0 saturated heterocycles. The third kappa shape index (κ3) is 3.77. The Morgan fingerprint density at radius 3 is 2.75 bits per heavy atom. The lowest BCUT2D eigenvalue weighted by Crippen LogP contribution is -2.26. The van der Waals surface area contributed by atoms with E-state index in [1.165, 1.54) is 10.9 Å². The fourth-order valence-corrected chi connectivity index (χ4v) is 1.45. The molecule has 1 atom stereocenters. The molecule has 0 aliphatic carbocycles. The predicted octanol–water partition coefficient (Wildman–Crippen LogP) is 3.55. The summed E-state index contributed by atoms with van der Waals surface area (Å²) in [6.45, 7) is 7.62. The average molecular weight is 336 g/mol. The minimum atomic E-state index is -0.476. The van der Waals surface area contributed by atoms with Crippen molar-refractivity contribution in [2.24, 2.45) is 0 Å². The summed E-state index contributed by atoms with van der Waals surface area (Å²) in [7, 11) is 0. The molecule has 0 radical (unpaired) electrons. The van der Waals surface area contributed by atoms with E-state index >= 15 is 0 Å². The van der Waals surface area contributed by atoms with Crippen molar-refractivity contribution in [3.63, 3.8) is 0 Å². The van der Waals surface area contributed by atoms with Crippen LogP contribution in [0.2, 0.25) is 0 Å². The summed E-state index contributed by atoms with van der Waals surface area (Å²) in [5.41, 5.74) is 0.435. The van der Waals surface area contributed by atoms with Gasteiger partial charge in [0.25, 0.3) is 0 Å². The highest BCUT2D eigenvalue weighted by atomic mass is 127. The Kier molecular flexibility index (Phi) is 4.35. The van der Waals surface area contributed by atoms with Crippen LogP contribution < -0.4 is 0 Å². The van der Waals surface area contributed by atoms with E-state index in [0.29, 0.717) is 3.92 Å². The highest BCUT2D eigenvalue weighted by molar-refractivity contribution is 14.1. The molecule has 1 unspecified atom stereocenters. The number of hydrogen-bond acceptors (Lipinski definition) is 3. The van der Waals surface area contributed by atoms with Crippen LogP contribution in [0.15, 0.2) is 12.5 Å². The van der Waals surface area contributed by atoms with E-state index < -0.39 is 5.60 Å². The molecule has 0 spiro atoms. The van der Waals surface area contributed by atoms with Crippen molar-refractivity contribution >= 4 is 28.7 Å². The van der Waals surface area contributed by atoms with Gasteiger partial charge >= 0.3 is 6.09 Å². The largest absolute Gasteiger partial charge is 0.443 e. The van der Waals surface area contributed by atoms with E-state index in [9.17, 15) is 4.79 Å². The first-order valence-corrected chi connectivity index (χ1v) is 6.49. The molecule has 0 aromatic carbocycles. The van der Waals surface area contributed by atoms with Gasteiger partial charge in [-0.2, -0.15) is 0 Å². The van der Waals surface area contributed by atoms with Gasteiger partial charge < -0.3 is 4.74 Å². The molecular formula is C11H17IN2O2. The number of rotatable bonds is 2. The summed E-state index contributed by atoms with van der Waals surface area (Å²) < 4.78 is 6.96. The molecule has 0 fully saturated rings. The van der Waals surface area contributed by atoms with E-state index in [1.54, 1.807) is 6.20 Å². The lowest BCUT2D eigenvalue weighted by atomic mass is 10.2. The standard InChI is InChI=1S/C11H17IN2O2/c1-5-8(12)9-6-14(7-13-9)10(15)16-11(2,3)4/h6-8H,5H2,1-4H3. The van der Waals surface area contributed by atoms with Gasteiger partial charge in [0, 0.05) is 6.20 Å². The van der Waals surface area contributed by atoms with Crippen molar-refractivity contribution in [1.82, 2.24) is 9.55 Å². The van der Waals surface area contributed by atoms with Crippen LogP contribution in [0.5, 0.6) is 0 Å². The van der Waals surface area contributed by atoms with Gasteiger partial charge in [0.05, 0.1) is 9.62 Å². The Labute approximate surface area is 110 Å². The van der Waals surface area contributed by atoms with Gasteiger partial charge in [-0.05, 0) is 27.2 Å². The number of aromatic nitrogens is 2. The van der Waals surface area contributed by atoms with Crippen molar-refractivity contribution in [2.45, 2.75) is 43.6 Å². The monoisotopic (exact) mass is 336 g/mol. The smallest absolute Gasteiger partial charge is 0.419 e. The topological polar surface area (TPSA) is 44.1 Å². The van der Waals surface area contributed by atoms with Crippen LogP contribution in [0, 0.1) is 0 Å². The Balaban J connectivity index is 2.75. The summed E-state index contributed by atoms with van der Waals surface area (Å²) >= 11 is 2.31. The highest BCUT2D eigenvalue weighted by Gasteiger charge is 2.18. The number of carbonyl (C=O) groups excluding carboxylic acids is 1. The zero-order valence-electron chi connectivity index (χ0n) is 10.0. The minimum absolute atomic E-state index is 0.335. The number of alkyl halides is 1. The molecule has 0 aliphatic rings. The maximum Gasteiger partial charge on any atom is 0.419 e. The first-order chi connectivity index (χ1) is 7.33. The van der Waals surface area contributed by atoms with Crippen molar-refractivity contribution in [3.8, 4) is 0 Å². The number of nitrogens with zero attached hydrogens (tertiary/aromatic N) is 2. The number of hydrogen-bond donors (Lipinski definition) is 0. The number of halogens is 1. The van der Waals surface area contributed by atoms with Crippen LogP contribution in [0.4, 0.5) is 4.79 Å². The van der Waals surface area contributed by atoms with Gasteiger partial charge in [0.1, 0.15) is 11.9 Å². The highest BCUT2D eigenvalue weighted by Crippen LogP contribution is 2.24. The van der Waals surface area contributed by atoms with Crippen LogP contribution in [0.25, 0.3) is 0 Å². The molecule has 0 amide bonds. The summed E-state index contributed by atoms with van der Waals surface area (Å²) in [6, 6.07) is 0. The fraction of sp³-hybridized carbons (Fsp3) is 0.636. The quantitative estimate of drug-likeness (QED) is 0.613. The number of imidazole rings is 1. The molecule has 1 heterocycles. The number of ether oxygens (including phenoxy) is 1. The summed E-state index contributed by atoms with van der Waals surface area (Å²) in [5.74, 6) is 0. The van der Waals surface area contributed by atoms with E-state index in [0.717, 1.165) is 12.1 Å². The third-order valence-electron chi connectivity index (χ3n) is 1.89. The Morgan fingerprint density at radius 1 is 1.62 bits per heavy atom. The van der Waals surface area contributed by atoms with Gasteiger partial charge in [-0.25, -0.2) is 14.3 Å². The van der Waals surface area contributed by atoms with Crippen LogP contribution in [-0.2, 0) is 4.74 Å². The zero-order chi connectivity index (χ0) is 12.3. The molecule has 5 heteroatoms. The second-order valence-corrected chi connectivity index (χ2v) is 6.07. The van der Waals surface area contributed by atoms with Crippen LogP contribution in [-0.4, -0.2) is 21.2 Å². The SMILES string of the molecule is CCC(I)c1cn(C(=O)OC(C)(C)C)cn1. The van der Waals surface area contributed by atoms with Crippen LogP contribution >= 0.6 is 22.6 Å². The lowest BCUT2D eigenvalue weighted by Gasteiger charge is -2.19. The normalized spacial score (nSPS) is 13.6. The maximum atomic E-state index is 11.7. The first-order valence-electron chi connectivity index (χ1n) is 5.25. The molecule has 16 heavy (non-hydrogen) atoms. The van der Waals surface area contributed by atoms with E-state index in [-0.39, 0.29) is 6.09 Å². The van der Waals surface area contributed by atoms with Crippen molar-refractivity contribution in [2.75, 3.05) is 0 Å². The molecule has 0 bridgehead atoms. The Bertz CT molecular complexity index is 368. The van der Waals surface area contributed by atoms with Crippen molar-refractivity contribution in [3.05, 3.63) is 18.2 Å². The zero-order valence-corrected chi connectivity index (χ0v) is 12.2. The molecule has 0 aliphatic heterocycles. The molecule has 1 aromatic rings. The minimum Gasteiger partial charge on any atom is -0.443 e. The second kappa shape index (κ2) is 5.16. The molecule has 1 aromatic heterocycles. The Morgan fingerprint density at radius 2 is 2.25 bits per heavy atom. The fourth-order valence-electron chi connectivity index (χ4n) is 1.12. The van der Waals surface area contributed by atoms with E-state index in [2.05, 4.69) is 34.5 Å². The molecule has 0 N–H and O–H groups in total. The molecule has 90 valence electrons. The van der Waals surface area contributed by atoms with Crippen LogP contribution in [0.3, 0.4) is 0 Å².